The predicted octanol–water partition coefficient (Wildman–Crippen LogP) is 2.08. The van der Waals surface area contributed by atoms with Gasteiger partial charge in [-0.3, -0.25) is 4.79 Å². The van der Waals surface area contributed by atoms with Crippen molar-refractivity contribution in [2.24, 2.45) is 5.73 Å². The molecule has 0 radical (unpaired) electrons. The number of carbonyl (C=O) groups is 1. The van der Waals surface area contributed by atoms with E-state index >= 15 is 0 Å². The predicted molar refractivity (Wildman–Crippen MR) is 70.6 cm³/mol. The van der Waals surface area contributed by atoms with E-state index < -0.39 is 0 Å². The molecule has 0 bridgehead atoms. The summed E-state index contributed by atoms with van der Waals surface area (Å²) in [6.07, 6.45) is 1.32. The summed E-state index contributed by atoms with van der Waals surface area (Å²) in [7, 11) is 0. The lowest BCUT2D eigenvalue weighted by Crippen LogP contribution is -2.30. The van der Waals surface area contributed by atoms with Crippen LogP contribution in [-0.2, 0) is 11.3 Å². The third kappa shape index (κ3) is 4.19. The molecule has 0 aliphatic rings. The van der Waals surface area contributed by atoms with Gasteiger partial charge in [0.25, 0.3) is 0 Å². The number of nitrogens with zero attached hydrogens (tertiary/aromatic N) is 1. The van der Waals surface area contributed by atoms with Gasteiger partial charge < -0.3 is 10.6 Å². The molecule has 0 spiro atoms. The average molecular weight is 234 g/mol. The Morgan fingerprint density at radius 3 is 2.65 bits per heavy atom. The van der Waals surface area contributed by atoms with Crippen molar-refractivity contribution in [3.8, 4) is 0 Å². The summed E-state index contributed by atoms with van der Waals surface area (Å²) in [5.74, 6) is 0.196. The Kier molecular flexibility index (Phi) is 5.70. The Balaban J connectivity index is 2.63. The minimum atomic E-state index is 0.196. The highest BCUT2D eigenvalue weighted by molar-refractivity contribution is 5.76. The fraction of sp³-hybridized carbons (Fsp3) is 0.500. The summed E-state index contributed by atoms with van der Waals surface area (Å²) in [5.41, 5.74) is 7.88. The SMILES string of the molecule is CCN(Cc1ccccc1C)C(=O)CCCN. The summed E-state index contributed by atoms with van der Waals surface area (Å²) in [4.78, 5) is 13.8. The second-order valence-electron chi connectivity index (χ2n) is 4.23. The second kappa shape index (κ2) is 7.07. The molecule has 3 heteroatoms. The second-order valence-corrected chi connectivity index (χ2v) is 4.23. The normalized spacial score (nSPS) is 10.3. The van der Waals surface area contributed by atoms with Crippen LogP contribution < -0.4 is 5.73 Å². The van der Waals surface area contributed by atoms with Gasteiger partial charge in [0.2, 0.25) is 5.91 Å². The third-order valence-corrected chi connectivity index (χ3v) is 2.95. The summed E-state index contributed by atoms with van der Waals surface area (Å²) in [6.45, 7) is 6.12. The molecule has 0 atom stereocenters. The van der Waals surface area contributed by atoms with Gasteiger partial charge >= 0.3 is 0 Å². The zero-order valence-electron chi connectivity index (χ0n) is 10.8. The van der Waals surface area contributed by atoms with Crippen molar-refractivity contribution in [1.29, 1.82) is 0 Å². The first-order valence-electron chi connectivity index (χ1n) is 6.21. The Hall–Kier alpha value is -1.35. The smallest absolute Gasteiger partial charge is 0.222 e. The van der Waals surface area contributed by atoms with Crippen molar-refractivity contribution in [3.05, 3.63) is 35.4 Å². The van der Waals surface area contributed by atoms with Gasteiger partial charge in [-0.15, -0.1) is 0 Å². The van der Waals surface area contributed by atoms with Crippen molar-refractivity contribution in [3.63, 3.8) is 0 Å². The number of rotatable bonds is 6. The maximum atomic E-state index is 11.9. The standard InChI is InChI=1S/C14H22N2O/c1-3-16(14(17)9-6-10-15)11-13-8-5-4-7-12(13)2/h4-5,7-8H,3,6,9-11,15H2,1-2H3. The number of benzene rings is 1. The number of hydrogen-bond donors (Lipinski definition) is 1. The Bertz CT molecular complexity index is 363. The molecule has 17 heavy (non-hydrogen) atoms. The Morgan fingerprint density at radius 1 is 1.35 bits per heavy atom. The van der Waals surface area contributed by atoms with E-state index in [0.717, 1.165) is 13.0 Å². The zero-order valence-corrected chi connectivity index (χ0v) is 10.8. The highest BCUT2D eigenvalue weighted by Gasteiger charge is 2.12. The highest BCUT2D eigenvalue weighted by atomic mass is 16.2. The van der Waals surface area contributed by atoms with Gasteiger partial charge in [-0.05, 0) is 37.9 Å². The van der Waals surface area contributed by atoms with Gasteiger partial charge in [0.15, 0.2) is 0 Å². The summed E-state index contributed by atoms with van der Waals surface area (Å²) in [5, 5.41) is 0. The van der Waals surface area contributed by atoms with Crippen LogP contribution in [0.5, 0.6) is 0 Å². The van der Waals surface area contributed by atoms with Crippen LogP contribution in [0, 0.1) is 6.92 Å². The molecule has 0 saturated heterocycles. The van der Waals surface area contributed by atoms with Crippen molar-refractivity contribution >= 4 is 5.91 Å². The van der Waals surface area contributed by atoms with Gasteiger partial charge in [0.05, 0.1) is 0 Å². The largest absolute Gasteiger partial charge is 0.339 e. The summed E-state index contributed by atoms with van der Waals surface area (Å²) in [6, 6.07) is 8.19. The molecule has 1 amide bonds. The van der Waals surface area contributed by atoms with Crippen LogP contribution >= 0.6 is 0 Å². The molecule has 1 aromatic rings. The van der Waals surface area contributed by atoms with Crippen LogP contribution in [-0.4, -0.2) is 23.9 Å². The molecule has 0 unspecified atom stereocenters. The van der Waals surface area contributed by atoms with E-state index in [1.54, 1.807) is 0 Å². The molecule has 0 heterocycles. The Morgan fingerprint density at radius 2 is 2.06 bits per heavy atom. The van der Waals surface area contributed by atoms with Gasteiger partial charge in [-0.1, -0.05) is 24.3 Å². The molecule has 3 nitrogen and oxygen atoms in total. The molecule has 0 fully saturated rings. The summed E-state index contributed by atoms with van der Waals surface area (Å²) >= 11 is 0. The quantitative estimate of drug-likeness (QED) is 0.819. The summed E-state index contributed by atoms with van der Waals surface area (Å²) < 4.78 is 0. The lowest BCUT2D eigenvalue weighted by Gasteiger charge is -2.22. The first-order valence-corrected chi connectivity index (χ1v) is 6.21. The van der Waals surface area contributed by atoms with Crippen molar-refractivity contribution in [2.75, 3.05) is 13.1 Å². The van der Waals surface area contributed by atoms with Crippen LogP contribution in [0.1, 0.15) is 30.9 Å². The molecule has 0 saturated carbocycles. The molecule has 1 rings (SSSR count). The molecule has 1 aromatic carbocycles. The first kappa shape index (κ1) is 13.7. The van der Waals surface area contributed by atoms with E-state index in [9.17, 15) is 4.79 Å². The van der Waals surface area contributed by atoms with E-state index in [4.69, 9.17) is 5.73 Å². The van der Waals surface area contributed by atoms with Crippen molar-refractivity contribution in [2.45, 2.75) is 33.2 Å². The van der Waals surface area contributed by atoms with E-state index in [1.807, 2.05) is 24.0 Å². The Labute approximate surface area is 104 Å². The first-order chi connectivity index (χ1) is 8.19. The lowest BCUT2D eigenvalue weighted by atomic mass is 10.1. The zero-order chi connectivity index (χ0) is 12.7. The van der Waals surface area contributed by atoms with E-state index in [1.165, 1.54) is 11.1 Å². The fourth-order valence-corrected chi connectivity index (χ4v) is 1.78. The van der Waals surface area contributed by atoms with Gasteiger partial charge in [-0.25, -0.2) is 0 Å². The monoisotopic (exact) mass is 234 g/mol. The van der Waals surface area contributed by atoms with Crippen LogP contribution in [0.2, 0.25) is 0 Å². The molecule has 2 N–H and O–H groups in total. The third-order valence-electron chi connectivity index (χ3n) is 2.95. The maximum absolute atomic E-state index is 11.9. The minimum absolute atomic E-state index is 0.196. The number of hydrogen-bond acceptors (Lipinski definition) is 2. The number of amides is 1. The number of carbonyl (C=O) groups excluding carboxylic acids is 1. The molecular weight excluding hydrogens is 212 g/mol. The van der Waals surface area contributed by atoms with E-state index in [2.05, 4.69) is 19.1 Å². The lowest BCUT2D eigenvalue weighted by molar-refractivity contribution is -0.131. The van der Waals surface area contributed by atoms with Crippen LogP contribution in [0.4, 0.5) is 0 Å². The number of nitrogens with two attached hydrogens (primary N) is 1. The van der Waals surface area contributed by atoms with Crippen molar-refractivity contribution < 1.29 is 4.79 Å². The highest BCUT2D eigenvalue weighted by Crippen LogP contribution is 2.11. The van der Waals surface area contributed by atoms with Crippen molar-refractivity contribution in [1.82, 2.24) is 4.90 Å². The molecule has 0 aromatic heterocycles. The van der Waals surface area contributed by atoms with Gasteiger partial charge in [0, 0.05) is 19.5 Å². The van der Waals surface area contributed by atoms with E-state index in [-0.39, 0.29) is 5.91 Å². The average Bonchev–Trinajstić information content (AvgIpc) is 2.35. The molecular formula is C14H22N2O. The molecule has 0 aliphatic carbocycles. The maximum Gasteiger partial charge on any atom is 0.222 e. The number of aryl methyl sites for hydroxylation is 1. The van der Waals surface area contributed by atoms with Crippen LogP contribution in [0.3, 0.4) is 0 Å². The molecule has 0 aliphatic heterocycles. The fourth-order valence-electron chi connectivity index (χ4n) is 1.78. The molecule has 94 valence electrons. The van der Waals surface area contributed by atoms with Gasteiger partial charge in [-0.2, -0.15) is 0 Å². The van der Waals surface area contributed by atoms with E-state index in [0.29, 0.717) is 19.5 Å². The van der Waals surface area contributed by atoms with Crippen LogP contribution in [0.25, 0.3) is 0 Å². The topological polar surface area (TPSA) is 46.3 Å². The van der Waals surface area contributed by atoms with Gasteiger partial charge in [0.1, 0.15) is 0 Å². The van der Waals surface area contributed by atoms with Crippen LogP contribution in [0.15, 0.2) is 24.3 Å². The minimum Gasteiger partial charge on any atom is -0.339 e.